The maximum absolute atomic E-state index is 13.6. The van der Waals surface area contributed by atoms with Crippen LogP contribution in [-0.4, -0.2) is 41.3 Å². The van der Waals surface area contributed by atoms with E-state index in [4.69, 9.17) is 9.84 Å². The average Bonchev–Trinajstić information content (AvgIpc) is 3.38. The van der Waals surface area contributed by atoms with Crippen LogP contribution in [0.1, 0.15) is 5.56 Å². The minimum atomic E-state index is -0.802. The molecule has 2 N–H and O–H groups in total. The lowest BCUT2D eigenvalue weighted by Gasteiger charge is -2.25. The molecule has 0 aliphatic rings. The van der Waals surface area contributed by atoms with Gasteiger partial charge in [0.25, 0.3) is 0 Å². The van der Waals surface area contributed by atoms with Crippen molar-refractivity contribution in [2.45, 2.75) is 12.5 Å². The van der Waals surface area contributed by atoms with Gasteiger partial charge in [-0.1, -0.05) is 78.9 Å². The third-order valence-corrected chi connectivity index (χ3v) is 7.23. The Kier molecular flexibility index (Phi) is 8.32. The van der Waals surface area contributed by atoms with E-state index < -0.39 is 12.1 Å². The highest BCUT2D eigenvalue weighted by molar-refractivity contribution is 7.96. The smallest absolute Gasteiger partial charge is 0.326 e. The van der Waals surface area contributed by atoms with E-state index >= 15 is 0 Å². The third kappa shape index (κ3) is 6.10. The molecule has 0 aliphatic heterocycles. The fraction of sp³-hybridized carbons (Fsp3) is 0.129. The highest BCUT2D eigenvalue weighted by Gasteiger charge is 2.26. The number of aromatic nitrogens is 2. The SMILES string of the molecule is COc1ccc(N(C)C(=O)[C@H](Cc2ccccc2)NC(=O)NSn2nc(-c3ccccc3)c3ccccc32)cc1. The zero-order valence-electron chi connectivity index (χ0n) is 22.2. The summed E-state index contributed by atoms with van der Waals surface area (Å²) in [4.78, 5) is 28.2. The van der Waals surface area contributed by atoms with Crippen molar-refractivity contribution in [1.29, 1.82) is 0 Å². The van der Waals surface area contributed by atoms with Gasteiger partial charge < -0.3 is 15.0 Å². The maximum atomic E-state index is 13.6. The number of carbonyl (C=O) groups excluding carboxylic acids is 2. The topological polar surface area (TPSA) is 88.5 Å². The third-order valence-electron chi connectivity index (χ3n) is 6.50. The Morgan fingerprint density at radius 2 is 1.55 bits per heavy atom. The summed E-state index contributed by atoms with van der Waals surface area (Å²) >= 11 is 1.05. The van der Waals surface area contributed by atoms with Crippen molar-refractivity contribution in [3.05, 3.63) is 115 Å². The number of hydrogen-bond donors (Lipinski definition) is 2. The molecule has 1 atom stereocenters. The quantitative estimate of drug-likeness (QED) is 0.230. The van der Waals surface area contributed by atoms with Crippen molar-refractivity contribution in [2.75, 3.05) is 19.1 Å². The molecule has 1 heterocycles. The molecule has 202 valence electrons. The summed E-state index contributed by atoms with van der Waals surface area (Å²) in [6.07, 6.45) is 0.334. The second kappa shape index (κ2) is 12.4. The van der Waals surface area contributed by atoms with Gasteiger partial charge in [0.15, 0.2) is 0 Å². The molecule has 0 radical (unpaired) electrons. The Bertz CT molecular complexity index is 1590. The molecule has 0 bridgehead atoms. The van der Waals surface area contributed by atoms with E-state index in [1.165, 1.54) is 4.90 Å². The van der Waals surface area contributed by atoms with Crippen LogP contribution in [0.2, 0.25) is 0 Å². The predicted octanol–water partition coefficient (Wildman–Crippen LogP) is 5.70. The number of anilines is 1. The van der Waals surface area contributed by atoms with E-state index in [1.807, 2.05) is 84.9 Å². The molecule has 0 spiro atoms. The lowest BCUT2D eigenvalue weighted by atomic mass is 10.0. The van der Waals surface area contributed by atoms with Gasteiger partial charge in [-0.3, -0.25) is 9.52 Å². The van der Waals surface area contributed by atoms with Gasteiger partial charge in [-0.25, -0.2) is 4.79 Å². The van der Waals surface area contributed by atoms with Gasteiger partial charge in [-0.05, 0) is 35.9 Å². The molecule has 9 heteroatoms. The lowest BCUT2D eigenvalue weighted by Crippen LogP contribution is -2.50. The summed E-state index contributed by atoms with van der Waals surface area (Å²) in [6.45, 7) is 0. The van der Waals surface area contributed by atoms with Gasteiger partial charge in [0.2, 0.25) is 5.91 Å². The molecule has 0 unspecified atom stereocenters. The van der Waals surface area contributed by atoms with Crippen molar-refractivity contribution in [3.8, 4) is 17.0 Å². The Morgan fingerprint density at radius 3 is 2.25 bits per heavy atom. The first-order valence-corrected chi connectivity index (χ1v) is 13.5. The molecule has 4 aromatic carbocycles. The molecule has 0 saturated carbocycles. The number of urea groups is 1. The lowest BCUT2D eigenvalue weighted by molar-refractivity contribution is -0.120. The van der Waals surface area contributed by atoms with Crippen LogP contribution in [0.5, 0.6) is 5.75 Å². The zero-order valence-corrected chi connectivity index (χ0v) is 23.0. The predicted molar refractivity (Wildman–Crippen MR) is 160 cm³/mol. The number of methoxy groups -OCH3 is 1. The molecule has 5 aromatic rings. The van der Waals surface area contributed by atoms with Crippen LogP contribution in [0.4, 0.5) is 10.5 Å². The first-order valence-electron chi connectivity index (χ1n) is 12.8. The van der Waals surface area contributed by atoms with E-state index in [1.54, 1.807) is 42.5 Å². The number of hydrogen-bond acceptors (Lipinski definition) is 5. The molecular weight excluding hydrogens is 522 g/mol. The van der Waals surface area contributed by atoms with Crippen LogP contribution < -0.4 is 19.7 Å². The number of rotatable bonds is 9. The van der Waals surface area contributed by atoms with Crippen molar-refractivity contribution in [2.24, 2.45) is 0 Å². The van der Waals surface area contributed by atoms with E-state index in [-0.39, 0.29) is 5.91 Å². The minimum Gasteiger partial charge on any atom is -0.497 e. The van der Waals surface area contributed by atoms with Crippen LogP contribution >= 0.6 is 12.1 Å². The van der Waals surface area contributed by atoms with Crippen LogP contribution in [0, 0.1) is 0 Å². The van der Waals surface area contributed by atoms with Crippen LogP contribution in [-0.2, 0) is 11.2 Å². The largest absolute Gasteiger partial charge is 0.497 e. The normalized spacial score (nSPS) is 11.6. The van der Waals surface area contributed by atoms with E-state index in [0.717, 1.165) is 39.9 Å². The number of fused-ring (bicyclic) bond motifs is 1. The standard InChI is InChI=1S/C31H29N5O3S/c1-35(24-17-19-25(39-2)20-18-24)30(37)27(21-22-11-5-3-6-12-22)32-31(38)34-40-36-28-16-10-9-15-26(28)29(33-36)23-13-7-4-8-14-23/h3-20,27H,21H2,1-2H3,(H2,32,34,38)/t27-/m0/s1. The minimum absolute atomic E-state index is 0.245. The molecule has 3 amide bonds. The van der Waals surface area contributed by atoms with Gasteiger partial charge in [-0.2, -0.15) is 9.19 Å². The highest BCUT2D eigenvalue weighted by Crippen LogP contribution is 2.29. The van der Waals surface area contributed by atoms with Crippen LogP contribution in [0.25, 0.3) is 22.2 Å². The summed E-state index contributed by atoms with van der Waals surface area (Å²) in [6, 6.07) is 33.2. The molecule has 0 saturated heterocycles. The first-order chi connectivity index (χ1) is 19.5. The van der Waals surface area contributed by atoms with E-state index in [0.29, 0.717) is 17.9 Å². The van der Waals surface area contributed by atoms with Gasteiger partial charge in [0.05, 0.1) is 24.8 Å². The van der Waals surface area contributed by atoms with Crippen molar-refractivity contribution in [1.82, 2.24) is 19.2 Å². The molecule has 40 heavy (non-hydrogen) atoms. The molecule has 8 nitrogen and oxygen atoms in total. The highest BCUT2D eigenvalue weighted by atomic mass is 32.2. The number of nitrogens with one attached hydrogen (secondary N) is 2. The number of likely N-dealkylation sites (N-methyl/N-ethyl adjacent to an activating group) is 1. The summed E-state index contributed by atoms with van der Waals surface area (Å²) in [7, 11) is 3.28. The molecule has 0 aliphatic carbocycles. The van der Waals surface area contributed by atoms with Gasteiger partial charge in [-0.15, -0.1) is 0 Å². The summed E-state index contributed by atoms with van der Waals surface area (Å²) < 4.78 is 9.70. The van der Waals surface area contributed by atoms with E-state index in [2.05, 4.69) is 10.0 Å². The van der Waals surface area contributed by atoms with E-state index in [9.17, 15) is 9.59 Å². The number of ether oxygens (including phenoxy) is 1. The first kappa shape index (κ1) is 26.8. The second-order valence-corrected chi connectivity index (χ2v) is 9.84. The van der Waals surface area contributed by atoms with Gasteiger partial charge in [0, 0.05) is 30.1 Å². The summed E-state index contributed by atoms with van der Waals surface area (Å²) in [5, 5.41) is 8.59. The van der Waals surface area contributed by atoms with Crippen molar-refractivity contribution >= 4 is 40.7 Å². The average molecular weight is 552 g/mol. The fourth-order valence-electron chi connectivity index (χ4n) is 4.41. The molecular formula is C31H29N5O3S. The molecule has 1 aromatic heterocycles. The van der Waals surface area contributed by atoms with Crippen LogP contribution in [0.15, 0.2) is 109 Å². The van der Waals surface area contributed by atoms with Crippen LogP contribution in [0.3, 0.4) is 0 Å². The Labute approximate surface area is 237 Å². The number of benzene rings is 4. The van der Waals surface area contributed by atoms with Crippen molar-refractivity contribution < 1.29 is 14.3 Å². The maximum Gasteiger partial charge on any atom is 0.326 e. The Morgan fingerprint density at radius 1 is 0.900 bits per heavy atom. The Balaban J connectivity index is 1.33. The zero-order chi connectivity index (χ0) is 27.9. The number of carbonyl (C=O) groups is 2. The molecule has 0 fully saturated rings. The summed E-state index contributed by atoms with van der Waals surface area (Å²) in [5.41, 5.74) is 4.30. The van der Waals surface area contributed by atoms with Gasteiger partial charge >= 0.3 is 6.03 Å². The second-order valence-electron chi connectivity index (χ2n) is 9.11. The van der Waals surface area contributed by atoms with Crippen molar-refractivity contribution in [3.63, 3.8) is 0 Å². The molecule has 5 rings (SSSR count). The number of nitrogens with zero attached hydrogens (tertiary/aromatic N) is 3. The number of amides is 3. The Hall–Kier alpha value is -4.76. The fourth-order valence-corrected chi connectivity index (χ4v) is 5.02. The monoisotopic (exact) mass is 551 g/mol. The van der Waals surface area contributed by atoms with Gasteiger partial charge in [0.1, 0.15) is 17.5 Å². The summed E-state index contributed by atoms with van der Waals surface area (Å²) in [5.74, 6) is 0.451. The number of para-hydroxylation sites is 1.